The third kappa shape index (κ3) is 4.52. The molecule has 0 aromatic carbocycles. The summed E-state index contributed by atoms with van der Waals surface area (Å²) >= 11 is 0. The molecular weight excluding hydrogens is 158 g/mol. The normalized spacial score (nSPS) is 13.1. The maximum atomic E-state index is 5.38. The van der Waals surface area contributed by atoms with Gasteiger partial charge in [0.25, 0.3) is 0 Å². The highest BCUT2D eigenvalue weighted by atomic mass is 28.2. The molecule has 0 amide bonds. The highest BCUT2D eigenvalue weighted by Crippen LogP contribution is 2.09. The van der Waals surface area contributed by atoms with E-state index in [1.54, 1.807) is 14.2 Å². The first-order valence-electron chi connectivity index (χ1n) is 3.99. The third-order valence-electron chi connectivity index (χ3n) is 1.95. The van der Waals surface area contributed by atoms with Crippen molar-refractivity contribution in [3.8, 4) is 0 Å². The molecular formula is C7H19NO2Si. The number of methoxy groups -OCH3 is 2. The minimum Gasteiger partial charge on any atom is -0.358 e. The van der Waals surface area contributed by atoms with Crippen LogP contribution in [-0.4, -0.2) is 35.7 Å². The summed E-state index contributed by atoms with van der Waals surface area (Å²) in [6, 6.07) is 1.19. The summed E-state index contributed by atoms with van der Waals surface area (Å²) in [5.41, 5.74) is 5.10. The van der Waals surface area contributed by atoms with E-state index >= 15 is 0 Å². The molecule has 4 heteroatoms. The van der Waals surface area contributed by atoms with Crippen LogP contribution in [0.25, 0.3) is 0 Å². The zero-order valence-electron chi connectivity index (χ0n) is 7.72. The number of rotatable bonds is 6. The zero-order valence-corrected chi connectivity index (χ0v) is 9.14. The van der Waals surface area contributed by atoms with Crippen molar-refractivity contribution in [3.63, 3.8) is 0 Å². The predicted molar refractivity (Wildman–Crippen MR) is 49.4 cm³/mol. The monoisotopic (exact) mass is 177 g/mol. The molecule has 0 unspecified atom stereocenters. The molecule has 0 spiro atoms. The Bertz CT molecular complexity index is 96.4. The first-order chi connectivity index (χ1) is 5.18. The Kier molecular flexibility index (Phi) is 5.76. The van der Waals surface area contributed by atoms with Crippen LogP contribution in [0.5, 0.6) is 0 Å². The summed E-state index contributed by atoms with van der Waals surface area (Å²) in [4.78, 5) is 0. The van der Waals surface area contributed by atoms with Crippen LogP contribution in [0.15, 0.2) is 0 Å². The molecule has 0 fully saturated rings. The fraction of sp³-hybridized carbons (Fsp3) is 1.00. The van der Waals surface area contributed by atoms with Gasteiger partial charge in [0.05, 0.1) is 9.52 Å². The summed E-state index contributed by atoms with van der Waals surface area (Å²) in [7, 11) is 3.08. The first-order valence-corrected chi connectivity index (χ1v) is 5.69. The number of ether oxygens (including phenoxy) is 2. The lowest BCUT2D eigenvalue weighted by atomic mass is 10.5. The number of hydrogen-bond donors (Lipinski definition) is 1. The van der Waals surface area contributed by atoms with Gasteiger partial charge in [-0.1, -0.05) is 6.04 Å². The molecule has 0 bridgehead atoms. The summed E-state index contributed by atoms with van der Waals surface area (Å²) in [5.74, 6) is 0. The van der Waals surface area contributed by atoms with E-state index < -0.39 is 0 Å². The Morgan fingerprint density at radius 2 is 1.91 bits per heavy atom. The van der Waals surface area contributed by atoms with Crippen molar-refractivity contribution in [2.45, 2.75) is 24.8 Å². The van der Waals surface area contributed by atoms with E-state index in [1.165, 1.54) is 6.04 Å². The molecule has 0 atom stereocenters. The lowest BCUT2D eigenvalue weighted by Gasteiger charge is -2.25. The van der Waals surface area contributed by atoms with E-state index in [-0.39, 0.29) is 14.9 Å². The molecule has 2 N–H and O–H groups in total. The molecule has 0 heterocycles. The van der Waals surface area contributed by atoms with Gasteiger partial charge < -0.3 is 15.2 Å². The standard InChI is InChI=1S/C7H19NO2Si/c1-7(9-2,10-3)11-6-4-5-8/h4-6,8,11H2,1-3H3. The quantitative estimate of drug-likeness (QED) is 0.350. The number of hydrogen-bond acceptors (Lipinski definition) is 3. The van der Waals surface area contributed by atoms with Crippen molar-refractivity contribution < 1.29 is 9.47 Å². The lowest BCUT2D eigenvalue weighted by molar-refractivity contribution is -0.130. The van der Waals surface area contributed by atoms with E-state index in [4.69, 9.17) is 15.2 Å². The van der Waals surface area contributed by atoms with E-state index in [9.17, 15) is 0 Å². The van der Waals surface area contributed by atoms with Gasteiger partial charge in [-0.05, 0) is 19.9 Å². The van der Waals surface area contributed by atoms with E-state index in [2.05, 4.69) is 0 Å². The van der Waals surface area contributed by atoms with Crippen molar-refractivity contribution in [2.24, 2.45) is 5.73 Å². The second-order valence-corrected chi connectivity index (χ2v) is 5.28. The zero-order chi connectivity index (χ0) is 8.74. The molecule has 68 valence electrons. The Balaban J connectivity index is 3.51. The van der Waals surface area contributed by atoms with Crippen LogP contribution in [0.1, 0.15) is 13.3 Å². The van der Waals surface area contributed by atoms with E-state index in [1.807, 2.05) is 6.92 Å². The van der Waals surface area contributed by atoms with E-state index in [0.717, 1.165) is 13.0 Å². The Morgan fingerprint density at radius 1 is 1.36 bits per heavy atom. The van der Waals surface area contributed by atoms with Crippen molar-refractivity contribution in [3.05, 3.63) is 0 Å². The van der Waals surface area contributed by atoms with Gasteiger partial charge in [-0.15, -0.1) is 0 Å². The van der Waals surface area contributed by atoms with Crippen molar-refractivity contribution in [1.82, 2.24) is 0 Å². The minimum atomic E-state index is -0.307. The van der Waals surface area contributed by atoms with Gasteiger partial charge in [-0.3, -0.25) is 0 Å². The van der Waals surface area contributed by atoms with Crippen LogP contribution in [0.2, 0.25) is 6.04 Å². The maximum absolute atomic E-state index is 5.38. The van der Waals surface area contributed by atoms with Crippen LogP contribution in [-0.2, 0) is 9.47 Å². The minimum absolute atomic E-state index is 0.283. The average Bonchev–Trinajstić information content (AvgIpc) is 2.05. The second-order valence-electron chi connectivity index (χ2n) is 2.79. The Hall–Kier alpha value is 0.0969. The van der Waals surface area contributed by atoms with Gasteiger partial charge in [0, 0.05) is 14.2 Å². The van der Waals surface area contributed by atoms with Gasteiger partial charge in [0.2, 0.25) is 0 Å². The molecule has 0 aliphatic heterocycles. The van der Waals surface area contributed by atoms with Crippen LogP contribution in [0, 0.1) is 0 Å². The van der Waals surface area contributed by atoms with Crippen molar-refractivity contribution in [2.75, 3.05) is 20.8 Å². The molecule has 0 aliphatic rings. The summed E-state index contributed by atoms with van der Waals surface area (Å²) in [6.07, 6.45) is 1.09. The van der Waals surface area contributed by atoms with Crippen molar-refractivity contribution in [1.29, 1.82) is 0 Å². The molecule has 0 aliphatic carbocycles. The van der Waals surface area contributed by atoms with Gasteiger partial charge >= 0.3 is 0 Å². The maximum Gasteiger partial charge on any atom is 0.141 e. The fourth-order valence-electron chi connectivity index (χ4n) is 0.878. The first kappa shape index (κ1) is 11.1. The SMILES string of the molecule is COC(C)(OC)[SiH2]CCCN. The Morgan fingerprint density at radius 3 is 2.27 bits per heavy atom. The van der Waals surface area contributed by atoms with Crippen LogP contribution < -0.4 is 5.73 Å². The second kappa shape index (κ2) is 5.71. The topological polar surface area (TPSA) is 44.5 Å². The molecule has 0 saturated heterocycles. The molecule has 0 aromatic rings. The average molecular weight is 177 g/mol. The van der Waals surface area contributed by atoms with Crippen LogP contribution in [0.3, 0.4) is 0 Å². The highest BCUT2D eigenvalue weighted by Gasteiger charge is 2.21. The summed E-state index contributed by atoms with van der Waals surface area (Å²) < 4.78 is 10.5. The molecule has 0 saturated carbocycles. The predicted octanol–water partition coefficient (Wildman–Crippen LogP) is -0.111. The van der Waals surface area contributed by atoms with Crippen LogP contribution >= 0.6 is 0 Å². The van der Waals surface area contributed by atoms with E-state index in [0.29, 0.717) is 0 Å². The summed E-state index contributed by atoms with van der Waals surface area (Å²) in [5, 5.41) is 0. The van der Waals surface area contributed by atoms with Crippen molar-refractivity contribution >= 4 is 9.52 Å². The smallest absolute Gasteiger partial charge is 0.141 e. The van der Waals surface area contributed by atoms with Crippen LogP contribution in [0.4, 0.5) is 0 Å². The third-order valence-corrected chi connectivity index (χ3v) is 4.29. The molecule has 0 rings (SSSR count). The number of nitrogens with two attached hydrogens (primary N) is 1. The van der Waals surface area contributed by atoms with Gasteiger partial charge in [-0.25, -0.2) is 0 Å². The fourth-order valence-corrected chi connectivity index (χ4v) is 2.47. The largest absolute Gasteiger partial charge is 0.358 e. The van der Waals surface area contributed by atoms with Gasteiger partial charge in [-0.2, -0.15) is 0 Å². The summed E-state index contributed by atoms with van der Waals surface area (Å²) in [6.45, 7) is 2.77. The molecule has 0 aromatic heterocycles. The van der Waals surface area contributed by atoms with Gasteiger partial charge in [0.1, 0.15) is 5.41 Å². The molecule has 3 nitrogen and oxygen atoms in total. The van der Waals surface area contributed by atoms with Gasteiger partial charge in [0.15, 0.2) is 0 Å². The Labute approximate surface area is 71.1 Å². The lowest BCUT2D eigenvalue weighted by Crippen LogP contribution is -2.36. The molecule has 0 radical (unpaired) electrons. The highest BCUT2D eigenvalue weighted by molar-refractivity contribution is 6.38. The molecule has 11 heavy (non-hydrogen) atoms.